The topological polar surface area (TPSA) is 61.4 Å². The average Bonchev–Trinajstić information content (AvgIpc) is 3.26. The number of ether oxygens (including phenoxy) is 2. The fraction of sp³-hybridized carbons (Fsp3) is 0.458. The zero-order chi connectivity index (χ0) is 22.2. The number of anilines is 2. The molecule has 1 saturated heterocycles. The van der Waals surface area contributed by atoms with Crippen LogP contribution in [0.3, 0.4) is 0 Å². The van der Waals surface area contributed by atoms with Gasteiger partial charge in [0.1, 0.15) is 11.5 Å². The van der Waals surface area contributed by atoms with Gasteiger partial charge in [0.2, 0.25) is 0 Å². The molecule has 2 N–H and O–H groups in total. The number of nitrogens with zero attached hydrogens (tertiary/aromatic N) is 3. The van der Waals surface area contributed by atoms with Crippen molar-refractivity contribution in [3.63, 3.8) is 0 Å². The average molecular weight is 553 g/mol. The summed E-state index contributed by atoms with van der Waals surface area (Å²) >= 11 is 0. The van der Waals surface area contributed by atoms with E-state index < -0.39 is 0 Å². The number of halogens is 1. The molecule has 1 aliphatic heterocycles. The Bertz CT molecular complexity index is 851. The third kappa shape index (κ3) is 7.08. The number of rotatable bonds is 8. The van der Waals surface area contributed by atoms with E-state index in [0.29, 0.717) is 12.6 Å². The van der Waals surface area contributed by atoms with Crippen LogP contribution in [0.5, 0.6) is 11.5 Å². The van der Waals surface area contributed by atoms with Crippen molar-refractivity contribution >= 4 is 41.3 Å². The van der Waals surface area contributed by atoms with E-state index in [1.165, 1.54) is 11.3 Å². The van der Waals surface area contributed by atoms with Crippen LogP contribution in [0.4, 0.5) is 11.4 Å². The number of hydrogen-bond acceptors (Lipinski definition) is 5. The minimum absolute atomic E-state index is 0. The minimum Gasteiger partial charge on any atom is -0.497 e. The lowest BCUT2D eigenvalue weighted by Crippen LogP contribution is -2.44. The number of nitrogens with one attached hydrogen (secondary N) is 2. The van der Waals surface area contributed by atoms with Crippen LogP contribution in [-0.4, -0.2) is 60.0 Å². The lowest BCUT2D eigenvalue weighted by atomic mass is 10.2. The van der Waals surface area contributed by atoms with Gasteiger partial charge in [-0.25, -0.2) is 4.99 Å². The summed E-state index contributed by atoms with van der Waals surface area (Å²) in [6, 6.07) is 14.9. The first-order valence-electron chi connectivity index (χ1n) is 10.8. The summed E-state index contributed by atoms with van der Waals surface area (Å²) < 4.78 is 10.8. The molecule has 1 atom stereocenters. The summed E-state index contributed by atoms with van der Waals surface area (Å²) in [5.41, 5.74) is 3.50. The van der Waals surface area contributed by atoms with Crippen LogP contribution < -0.4 is 29.9 Å². The maximum atomic E-state index is 5.42. The highest BCUT2D eigenvalue weighted by Gasteiger charge is 2.24. The van der Waals surface area contributed by atoms with Crippen molar-refractivity contribution in [2.24, 2.45) is 4.99 Å². The van der Waals surface area contributed by atoms with Crippen molar-refractivity contribution < 1.29 is 9.47 Å². The molecule has 0 radical (unpaired) electrons. The summed E-state index contributed by atoms with van der Waals surface area (Å²) in [7, 11) is 7.46. The molecular formula is C24H36IN5O2. The van der Waals surface area contributed by atoms with Crippen LogP contribution in [-0.2, 0) is 6.54 Å². The van der Waals surface area contributed by atoms with Crippen molar-refractivity contribution in [2.45, 2.75) is 25.9 Å². The Balaban J connectivity index is 0.00000363. The zero-order valence-corrected chi connectivity index (χ0v) is 22.1. The highest BCUT2D eigenvalue weighted by atomic mass is 127. The normalized spacial score (nSPS) is 15.7. The lowest BCUT2D eigenvalue weighted by molar-refractivity contribution is 0.394. The minimum atomic E-state index is 0. The van der Waals surface area contributed by atoms with Crippen molar-refractivity contribution in [2.75, 3.05) is 57.7 Å². The molecule has 7 nitrogen and oxygen atoms in total. The molecule has 1 aliphatic rings. The Kier molecular flexibility index (Phi) is 10.2. The van der Waals surface area contributed by atoms with E-state index in [2.05, 4.69) is 63.8 Å². The lowest BCUT2D eigenvalue weighted by Gasteiger charge is -2.21. The molecule has 0 aliphatic carbocycles. The molecule has 1 fully saturated rings. The smallest absolute Gasteiger partial charge is 0.191 e. The largest absolute Gasteiger partial charge is 0.497 e. The first kappa shape index (κ1) is 25.9. The van der Waals surface area contributed by atoms with Gasteiger partial charge in [0.25, 0.3) is 0 Å². The first-order valence-corrected chi connectivity index (χ1v) is 10.8. The third-order valence-electron chi connectivity index (χ3n) is 5.45. The molecule has 0 bridgehead atoms. The summed E-state index contributed by atoms with van der Waals surface area (Å²) in [4.78, 5) is 9.25. The van der Waals surface area contributed by atoms with Gasteiger partial charge in [-0.2, -0.15) is 0 Å². The fourth-order valence-corrected chi connectivity index (χ4v) is 3.67. The molecule has 2 aromatic rings. The number of guanidine groups is 1. The van der Waals surface area contributed by atoms with Crippen molar-refractivity contribution in [3.8, 4) is 11.5 Å². The van der Waals surface area contributed by atoms with Gasteiger partial charge >= 0.3 is 0 Å². The van der Waals surface area contributed by atoms with Crippen LogP contribution in [0.15, 0.2) is 47.5 Å². The van der Waals surface area contributed by atoms with E-state index >= 15 is 0 Å². The molecule has 3 rings (SSSR count). The monoisotopic (exact) mass is 553 g/mol. The number of benzene rings is 2. The van der Waals surface area contributed by atoms with Gasteiger partial charge in [-0.05, 0) is 31.0 Å². The summed E-state index contributed by atoms with van der Waals surface area (Å²) in [6.07, 6.45) is 1.04. The van der Waals surface area contributed by atoms with Crippen molar-refractivity contribution in [3.05, 3.63) is 48.0 Å². The van der Waals surface area contributed by atoms with Gasteiger partial charge in [-0.15, -0.1) is 24.0 Å². The quantitative estimate of drug-likeness (QED) is 0.295. The van der Waals surface area contributed by atoms with Crippen LogP contribution in [0.1, 0.15) is 18.9 Å². The molecule has 176 valence electrons. The SMILES string of the molecule is CCNC(=NCc1ccc(N(C)C)cc1)NC1CCN(c2cc(OC)cc(OC)c2)C1.I. The second-order valence-corrected chi connectivity index (χ2v) is 7.90. The fourth-order valence-electron chi connectivity index (χ4n) is 3.67. The molecule has 8 heteroatoms. The van der Waals surface area contributed by atoms with Crippen LogP contribution in [0.2, 0.25) is 0 Å². The Hall–Kier alpha value is -2.36. The second-order valence-electron chi connectivity index (χ2n) is 7.90. The molecule has 2 aromatic carbocycles. The molecule has 1 unspecified atom stereocenters. The maximum absolute atomic E-state index is 5.42. The third-order valence-corrected chi connectivity index (χ3v) is 5.45. The molecule has 0 saturated carbocycles. The zero-order valence-electron chi connectivity index (χ0n) is 19.7. The molecule has 0 spiro atoms. The molecular weight excluding hydrogens is 517 g/mol. The van der Waals surface area contributed by atoms with E-state index in [0.717, 1.165) is 49.2 Å². The number of aliphatic imine (C=N–C) groups is 1. The van der Waals surface area contributed by atoms with Crippen molar-refractivity contribution in [1.29, 1.82) is 0 Å². The van der Waals surface area contributed by atoms with Gasteiger partial charge in [-0.1, -0.05) is 12.1 Å². The van der Waals surface area contributed by atoms with Crippen LogP contribution in [0.25, 0.3) is 0 Å². The summed E-state index contributed by atoms with van der Waals surface area (Å²) in [5.74, 6) is 2.47. The Morgan fingerprint density at radius 2 is 1.75 bits per heavy atom. The van der Waals surface area contributed by atoms with E-state index in [1.54, 1.807) is 14.2 Å². The van der Waals surface area contributed by atoms with Gasteiger partial charge in [0.15, 0.2) is 5.96 Å². The van der Waals surface area contributed by atoms with E-state index in [9.17, 15) is 0 Å². The summed E-state index contributed by atoms with van der Waals surface area (Å²) in [6.45, 7) is 5.44. The van der Waals surface area contributed by atoms with Gasteiger partial charge in [-0.3, -0.25) is 0 Å². The van der Waals surface area contributed by atoms with E-state index in [4.69, 9.17) is 14.5 Å². The highest BCUT2D eigenvalue weighted by molar-refractivity contribution is 14.0. The van der Waals surface area contributed by atoms with Crippen molar-refractivity contribution in [1.82, 2.24) is 10.6 Å². The van der Waals surface area contributed by atoms with Gasteiger partial charge < -0.3 is 29.9 Å². The number of hydrogen-bond donors (Lipinski definition) is 2. The van der Waals surface area contributed by atoms with Gasteiger partial charge in [0, 0.05) is 69.3 Å². The van der Waals surface area contributed by atoms with Crippen LogP contribution >= 0.6 is 24.0 Å². The Morgan fingerprint density at radius 3 is 2.31 bits per heavy atom. The van der Waals surface area contributed by atoms with Gasteiger partial charge in [0.05, 0.1) is 20.8 Å². The second kappa shape index (κ2) is 12.6. The standard InChI is InChI=1S/C24H35N5O2.HI/c1-6-25-24(26-16-18-7-9-20(10-8-18)28(2)3)27-19-11-12-29(17-19)21-13-22(30-4)15-23(14-21)31-5;/h7-10,13-15,19H,6,11-12,16-17H2,1-5H3,(H2,25,26,27);1H. The summed E-state index contributed by atoms with van der Waals surface area (Å²) in [5, 5.41) is 6.97. The maximum Gasteiger partial charge on any atom is 0.191 e. The predicted molar refractivity (Wildman–Crippen MR) is 144 cm³/mol. The van der Waals surface area contributed by atoms with E-state index in [-0.39, 0.29) is 24.0 Å². The highest BCUT2D eigenvalue weighted by Crippen LogP contribution is 2.30. The number of methoxy groups -OCH3 is 2. The Labute approximate surface area is 209 Å². The molecule has 0 amide bonds. The first-order chi connectivity index (χ1) is 15.0. The van der Waals surface area contributed by atoms with Crippen LogP contribution in [0, 0.1) is 0 Å². The Morgan fingerprint density at radius 1 is 1.09 bits per heavy atom. The predicted octanol–water partition coefficient (Wildman–Crippen LogP) is 3.72. The van der Waals surface area contributed by atoms with E-state index in [1.807, 2.05) is 20.2 Å². The molecule has 0 aromatic heterocycles. The molecule has 32 heavy (non-hydrogen) atoms. The molecule has 1 heterocycles.